The molecule has 1 heterocycles. The summed E-state index contributed by atoms with van der Waals surface area (Å²) in [5.74, 6) is 1.28. The van der Waals surface area contributed by atoms with Crippen LogP contribution in [0.3, 0.4) is 0 Å². The molecule has 2 aliphatic rings. The van der Waals surface area contributed by atoms with Crippen molar-refractivity contribution in [3.63, 3.8) is 0 Å². The average molecular weight is 277 g/mol. The van der Waals surface area contributed by atoms with Crippen molar-refractivity contribution in [1.29, 1.82) is 0 Å². The first-order valence-corrected chi connectivity index (χ1v) is 6.77. The molecule has 5 nitrogen and oxygen atoms in total. The van der Waals surface area contributed by atoms with Gasteiger partial charge in [0.1, 0.15) is 17.1 Å². The lowest BCUT2D eigenvalue weighted by molar-refractivity contribution is -0.160. The monoisotopic (exact) mass is 277 g/mol. The van der Waals surface area contributed by atoms with Crippen LogP contribution in [0.25, 0.3) is 0 Å². The summed E-state index contributed by atoms with van der Waals surface area (Å²) in [6.07, 6.45) is 2.08. The third-order valence-electron chi connectivity index (χ3n) is 4.31. The fourth-order valence-corrected chi connectivity index (χ4v) is 3.24. The van der Waals surface area contributed by atoms with Crippen molar-refractivity contribution in [3.8, 4) is 11.5 Å². The Bertz CT molecular complexity index is 537. The highest BCUT2D eigenvalue weighted by atomic mass is 16.5. The molecule has 3 rings (SSSR count). The molecule has 1 unspecified atom stereocenters. The average Bonchev–Trinajstić information content (AvgIpc) is 2.42. The van der Waals surface area contributed by atoms with Gasteiger partial charge in [-0.15, -0.1) is 0 Å². The van der Waals surface area contributed by atoms with Crippen LogP contribution in [-0.2, 0) is 9.53 Å². The molecular weight excluding hydrogens is 258 g/mol. The minimum absolute atomic E-state index is 0.0664. The third kappa shape index (κ3) is 2.02. The third-order valence-corrected chi connectivity index (χ3v) is 4.31. The first-order valence-electron chi connectivity index (χ1n) is 6.77. The fourth-order valence-electron chi connectivity index (χ4n) is 3.24. The maximum atomic E-state index is 11.5. The van der Waals surface area contributed by atoms with E-state index in [4.69, 9.17) is 19.9 Å². The second kappa shape index (κ2) is 4.66. The van der Waals surface area contributed by atoms with E-state index in [2.05, 4.69) is 0 Å². The highest BCUT2D eigenvalue weighted by Gasteiger charge is 2.53. The molecule has 108 valence electrons. The lowest BCUT2D eigenvalue weighted by Crippen LogP contribution is -2.54. The molecule has 1 aromatic rings. The second-order valence-corrected chi connectivity index (χ2v) is 5.63. The Morgan fingerprint density at radius 3 is 2.75 bits per heavy atom. The molecule has 1 aliphatic carbocycles. The summed E-state index contributed by atoms with van der Waals surface area (Å²) in [5.41, 5.74) is 6.92. The predicted molar refractivity (Wildman–Crippen MR) is 72.6 cm³/mol. The standard InChI is InChI=1S/C15H19NO4/c1-18-10-3-4-11-12(16)8-15(20-13(11)5-10)6-9(7-15)14(17)19-2/h3-5,9,12H,6-8,16H2,1-2H3. The largest absolute Gasteiger partial charge is 0.497 e. The van der Waals surface area contributed by atoms with Gasteiger partial charge in [-0.1, -0.05) is 6.07 Å². The second-order valence-electron chi connectivity index (χ2n) is 5.63. The van der Waals surface area contributed by atoms with Crippen molar-refractivity contribution in [2.75, 3.05) is 14.2 Å². The van der Waals surface area contributed by atoms with E-state index >= 15 is 0 Å². The zero-order valence-corrected chi connectivity index (χ0v) is 11.7. The van der Waals surface area contributed by atoms with Gasteiger partial charge in [0.05, 0.1) is 20.1 Å². The summed E-state index contributed by atoms with van der Waals surface area (Å²) < 4.78 is 16.1. The maximum Gasteiger partial charge on any atom is 0.308 e. The zero-order valence-electron chi connectivity index (χ0n) is 11.7. The fraction of sp³-hybridized carbons (Fsp3) is 0.533. The van der Waals surface area contributed by atoms with E-state index < -0.39 is 0 Å². The number of esters is 1. The number of nitrogens with two attached hydrogens (primary N) is 1. The van der Waals surface area contributed by atoms with Crippen molar-refractivity contribution in [1.82, 2.24) is 0 Å². The molecule has 0 amide bonds. The van der Waals surface area contributed by atoms with E-state index in [1.54, 1.807) is 7.11 Å². The molecule has 0 bridgehead atoms. The normalized spacial score (nSPS) is 30.9. The summed E-state index contributed by atoms with van der Waals surface area (Å²) in [5, 5.41) is 0. The zero-order chi connectivity index (χ0) is 14.3. The molecule has 0 saturated heterocycles. The Morgan fingerprint density at radius 2 is 2.10 bits per heavy atom. The smallest absolute Gasteiger partial charge is 0.308 e. The lowest BCUT2D eigenvalue weighted by atomic mass is 9.66. The molecule has 0 aromatic heterocycles. The van der Waals surface area contributed by atoms with Gasteiger partial charge in [0.15, 0.2) is 0 Å². The highest BCUT2D eigenvalue weighted by Crippen LogP contribution is 2.51. The molecule has 1 spiro atoms. The number of hydrogen-bond donors (Lipinski definition) is 1. The molecule has 1 atom stereocenters. The van der Waals surface area contributed by atoms with Crippen molar-refractivity contribution in [2.24, 2.45) is 11.7 Å². The first kappa shape index (κ1) is 13.2. The Hall–Kier alpha value is -1.75. The molecule has 0 radical (unpaired) electrons. The van der Waals surface area contributed by atoms with Gasteiger partial charge in [0.25, 0.3) is 0 Å². The highest BCUT2D eigenvalue weighted by molar-refractivity contribution is 5.74. The van der Waals surface area contributed by atoms with Crippen LogP contribution in [0, 0.1) is 5.92 Å². The topological polar surface area (TPSA) is 70.8 Å². The molecule has 1 saturated carbocycles. The summed E-state index contributed by atoms with van der Waals surface area (Å²) in [4.78, 5) is 11.5. The van der Waals surface area contributed by atoms with Crippen LogP contribution < -0.4 is 15.2 Å². The van der Waals surface area contributed by atoms with Gasteiger partial charge in [-0.25, -0.2) is 0 Å². The predicted octanol–water partition coefficient (Wildman–Crippen LogP) is 1.80. The number of rotatable bonds is 2. The summed E-state index contributed by atoms with van der Waals surface area (Å²) in [6, 6.07) is 5.63. The number of carbonyl (C=O) groups excluding carboxylic acids is 1. The molecular formula is C15H19NO4. The molecule has 2 N–H and O–H groups in total. The van der Waals surface area contributed by atoms with E-state index in [-0.39, 0.29) is 23.5 Å². The molecule has 1 aromatic carbocycles. The van der Waals surface area contributed by atoms with Crippen molar-refractivity contribution < 1.29 is 19.0 Å². The van der Waals surface area contributed by atoms with E-state index in [1.807, 2.05) is 18.2 Å². The summed E-state index contributed by atoms with van der Waals surface area (Å²) >= 11 is 0. The number of fused-ring (bicyclic) bond motifs is 1. The first-order chi connectivity index (χ1) is 9.57. The Morgan fingerprint density at radius 1 is 1.35 bits per heavy atom. The van der Waals surface area contributed by atoms with Crippen LogP contribution in [0.1, 0.15) is 30.9 Å². The maximum absolute atomic E-state index is 11.5. The van der Waals surface area contributed by atoms with E-state index in [9.17, 15) is 4.79 Å². The molecule has 1 aliphatic heterocycles. The molecule has 1 fully saturated rings. The number of methoxy groups -OCH3 is 2. The number of benzene rings is 1. The van der Waals surface area contributed by atoms with E-state index in [0.29, 0.717) is 12.8 Å². The van der Waals surface area contributed by atoms with Gasteiger partial charge in [0.2, 0.25) is 0 Å². The van der Waals surface area contributed by atoms with Crippen LogP contribution in [0.15, 0.2) is 18.2 Å². The quantitative estimate of drug-likeness (QED) is 0.835. The van der Waals surface area contributed by atoms with Crippen LogP contribution in [0.2, 0.25) is 0 Å². The number of carbonyl (C=O) groups is 1. The van der Waals surface area contributed by atoms with Gasteiger partial charge < -0.3 is 19.9 Å². The van der Waals surface area contributed by atoms with Crippen LogP contribution >= 0.6 is 0 Å². The van der Waals surface area contributed by atoms with Crippen molar-refractivity contribution in [2.45, 2.75) is 30.9 Å². The SMILES string of the molecule is COC(=O)C1CC2(C1)CC(N)c1ccc(OC)cc1O2. The van der Waals surface area contributed by atoms with Crippen molar-refractivity contribution >= 4 is 5.97 Å². The van der Waals surface area contributed by atoms with Crippen LogP contribution in [-0.4, -0.2) is 25.8 Å². The van der Waals surface area contributed by atoms with Gasteiger partial charge in [-0.05, 0) is 6.07 Å². The summed E-state index contributed by atoms with van der Waals surface area (Å²) in [7, 11) is 3.04. The van der Waals surface area contributed by atoms with Gasteiger partial charge in [-0.3, -0.25) is 4.79 Å². The minimum atomic E-state index is -0.322. The molecule has 5 heteroatoms. The van der Waals surface area contributed by atoms with E-state index in [0.717, 1.165) is 23.5 Å². The Balaban J connectivity index is 1.81. The van der Waals surface area contributed by atoms with Crippen LogP contribution in [0.5, 0.6) is 11.5 Å². The minimum Gasteiger partial charge on any atom is -0.497 e. The van der Waals surface area contributed by atoms with Crippen molar-refractivity contribution in [3.05, 3.63) is 23.8 Å². The van der Waals surface area contributed by atoms with Gasteiger partial charge in [0, 0.05) is 36.9 Å². The molecule has 20 heavy (non-hydrogen) atoms. The van der Waals surface area contributed by atoms with Crippen LogP contribution in [0.4, 0.5) is 0 Å². The Labute approximate surface area is 118 Å². The van der Waals surface area contributed by atoms with Gasteiger partial charge in [-0.2, -0.15) is 0 Å². The number of hydrogen-bond acceptors (Lipinski definition) is 5. The summed E-state index contributed by atoms with van der Waals surface area (Å²) in [6.45, 7) is 0. The Kier molecular flexibility index (Phi) is 3.09. The van der Waals surface area contributed by atoms with E-state index in [1.165, 1.54) is 7.11 Å². The van der Waals surface area contributed by atoms with Gasteiger partial charge >= 0.3 is 5.97 Å². The lowest BCUT2D eigenvalue weighted by Gasteiger charge is -2.50. The number of ether oxygens (including phenoxy) is 3.